The Morgan fingerprint density at radius 2 is 1.81 bits per heavy atom. The molecule has 0 spiro atoms. The molecule has 1 aromatic carbocycles. The molecule has 1 aliphatic heterocycles. The van der Waals surface area contributed by atoms with Crippen molar-refractivity contribution in [3.05, 3.63) is 64.7 Å². The fourth-order valence-electron chi connectivity index (χ4n) is 4.01. The predicted molar refractivity (Wildman–Crippen MR) is 123 cm³/mol. The number of hydrogen-bond donors (Lipinski definition) is 0. The number of nitrogens with zero attached hydrogens (tertiary/aromatic N) is 7. The summed E-state index contributed by atoms with van der Waals surface area (Å²) < 4.78 is 1.70. The Kier molecular flexibility index (Phi) is 5.67. The first-order valence-electron chi connectivity index (χ1n) is 10.7. The summed E-state index contributed by atoms with van der Waals surface area (Å²) >= 11 is 1.68. The van der Waals surface area contributed by atoms with E-state index in [1.807, 2.05) is 43.0 Å². The minimum absolute atomic E-state index is 0.0648. The van der Waals surface area contributed by atoms with Crippen molar-refractivity contribution < 1.29 is 4.79 Å². The minimum atomic E-state index is 0.0648. The highest BCUT2D eigenvalue weighted by molar-refractivity contribution is 7.13. The molecule has 8 nitrogen and oxygen atoms in total. The van der Waals surface area contributed by atoms with Gasteiger partial charge in [-0.15, -0.1) is 16.4 Å². The molecule has 5 rings (SSSR count). The highest BCUT2D eigenvalue weighted by Crippen LogP contribution is 2.24. The van der Waals surface area contributed by atoms with Crippen molar-refractivity contribution >= 4 is 23.0 Å². The molecule has 0 unspecified atom stereocenters. The average molecular weight is 448 g/mol. The standard InChI is InChI=1S/C23H25N7OS/c1-16-12-17(2)30-23(24-16)26-20(27-30)13-21(31)29-10-8-28(9-11-29)14-19-15-32-22(25-19)18-6-4-3-5-7-18/h3-7,12,15H,8-11,13-14H2,1-2H3. The topological polar surface area (TPSA) is 79.5 Å². The highest BCUT2D eigenvalue weighted by Gasteiger charge is 2.23. The lowest BCUT2D eigenvalue weighted by Crippen LogP contribution is -2.48. The van der Waals surface area contributed by atoms with E-state index in [-0.39, 0.29) is 12.3 Å². The van der Waals surface area contributed by atoms with Gasteiger partial charge in [-0.25, -0.2) is 14.5 Å². The highest BCUT2D eigenvalue weighted by atomic mass is 32.1. The molecule has 0 radical (unpaired) electrons. The van der Waals surface area contributed by atoms with Gasteiger partial charge in [-0.1, -0.05) is 30.3 Å². The van der Waals surface area contributed by atoms with Crippen LogP contribution in [-0.2, 0) is 17.8 Å². The molecule has 9 heteroatoms. The third-order valence-electron chi connectivity index (χ3n) is 5.65. The van der Waals surface area contributed by atoms with E-state index in [1.54, 1.807) is 15.9 Å². The van der Waals surface area contributed by atoms with Gasteiger partial charge in [0.05, 0.1) is 12.1 Å². The van der Waals surface area contributed by atoms with Crippen molar-refractivity contribution in [3.8, 4) is 10.6 Å². The Morgan fingerprint density at radius 3 is 2.59 bits per heavy atom. The summed E-state index contributed by atoms with van der Waals surface area (Å²) in [5.74, 6) is 1.14. The molecule has 0 bridgehead atoms. The van der Waals surface area contributed by atoms with E-state index < -0.39 is 0 Å². The molecule has 164 valence electrons. The number of aromatic nitrogens is 5. The van der Waals surface area contributed by atoms with E-state index in [0.29, 0.717) is 24.7 Å². The van der Waals surface area contributed by atoms with Crippen molar-refractivity contribution in [2.75, 3.05) is 26.2 Å². The number of fused-ring (bicyclic) bond motifs is 1. The molecule has 1 aliphatic rings. The Labute approximate surface area is 190 Å². The second-order valence-corrected chi connectivity index (χ2v) is 8.98. The number of aryl methyl sites for hydroxylation is 2. The normalized spacial score (nSPS) is 14.9. The molecule has 32 heavy (non-hydrogen) atoms. The molecular weight excluding hydrogens is 422 g/mol. The molecule has 0 N–H and O–H groups in total. The van der Waals surface area contributed by atoms with E-state index >= 15 is 0 Å². The Morgan fingerprint density at radius 1 is 1.03 bits per heavy atom. The van der Waals surface area contributed by atoms with Crippen LogP contribution in [0.4, 0.5) is 0 Å². The van der Waals surface area contributed by atoms with Gasteiger partial charge in [0.2, 0.25) is 5.91 Å². The summed E-state index contributed by atoms with van der Waals surface area (Å²) in [5.41, 5.74) is 4.10. The maximum atomic E-state index is 12.8. The Bertz CT molecular complexity index is 1240. The first-order chi connectivity index (χ1) is 15.5. The SMILES string of the molecule is Cc1cc(C)n2nc(CC(=O)N3CCN(Cc4csc(-c5ccccc5)n4)CC3)nc2n1. The van der Waals surface area contributed by atoms with Crippen molar-refractivity contribution in [2.24, 2.45) is 0 Å². The summed E-state index contributed by atoms with van der Waals surface area (Å²) in [7, 11) is 0. The maximum Gasteiger partial charge on any atom is 0.252 e. The van der Waals surface area contributed by atoms with Gasteiger partial charge in [0.1, 0.15) is 5.01 Å². The zero-order chi connectivity index (χ0) is 22.1. The summed E-state index contributed by atoms with van der Waals surface area (Å²) in [5, 5.41) is 7.65. The van der Waals surface area contributed by atoms with Gasteiger partial charge < -0.3 is 4.90 Å². The quantitative estimate of drug-likeness (QED) is 0.468. The summed E-state index contributed by atoms with van der Waals surface area (Å²) in [6, 6.07) is 12.2. The molecule has 4 aromatic rings. The van der Waals surface area contributed by atoms with Gasteiger partial charge in [-0.05, 0) is 19.9 Å². The van der Waals surface area contributed by atoms with Crippen LogP contribution in [0, 0.1) is 13.8 Å². The van der Waals surface area contributed by atoms with Crippen LogP contribution >= 0.6 is 11.3 Å². The molecule has 0 atom stereocenters. The smallest absolute Gasteiger partial charge is 0.252 e. The molecule has 1 fully saturated rings. The van der Waals surface area contributed by atoms with Crippen LogP contribution in [0.1, 0.15) is 22.9 Å². The van der Waals surface area contributed by atoms with Crippen molar-refractivity contribution in [3.63, 3.8) is 0 Å². The van der Waals surface area contributed by atoms with E-state index in [9.17, 15) is 4.79 Å². The van der Waals surface area contributed by atoms with Gasteiger partial charge in [0.25, 0.3) is 5.78 Å². The predicted octanol–water partition coefficient (Wildman–Crippen LogP) is 2.75. The molecule has 1 saturated heterocycles. The van der Waals surface area contributed by atoms with Crippen LogP contribution in [0.2, 0.25) is 0 Å². The van der Waals surface area contributed by atoms with E-state index in [4.69, 9.17) is 4.98 Å². The number of hydrogen-bond acceptors (Lipinski definition) is 7. The van der Waals surface area contributed by atoms with E-state index in [0.717, 1.165) is 47.3 Å². The third kappa shape index (κ3) is 4.39. The zero-order valence-electron chi connectivity index (χ0n) is 18.2. The van der Waals surface area contributed by atoms with Gasteiger partial charge in [0, 0.05) is 55.1 Å². The van der Waals surface area contributed by atoms with Crippen LogP contribution < -0.4 is 0 Å². The molecular formula is C23H25N7OS. The number of benzene rings is 1. The number of amides is 1. The molecule has 4 heterocycles. The number of thiazole rings is 1. The van der Waals surface area contributed by atoms with Crippen LogP contribution in [0.15, 0.2) is 41.8 Å². The lowest BCUT2D eigenvalue weighted by molar-refractivity contribution is -0.132. The van der Waals surface area contributed by atoms with Crippen LogP contribution in [0.25, 0.3) is 16.3 Å². The van der Waals surface area contributed by atoms with Gasteiger partial charge >= 0.3 is 0 Å². The van der Waals surface area contributed by atoms with Crippen molar-refractivity contribution in [1.29, 1.82) is 0 Å². The lowest BCUT2D eigenvalue weighted by atomic mass is 10.2. The average Bonchev–Trinajstić information content (AvgIpc) is 3.42. The van der Waals surface area contributed by atoms with Gasteiger partial charge in [-0.3, -0.25) is 9.69 Å². The summed E-state index contributed by atoms with van der Waals surface area (Å²) in [6.45, 7) is 7.79. The molecule has 0 saturated carbocycles. The van der Waals surface area contributed by atoms with E-state index in [2.05, 4.69) is 37.5 Å². The zero-order valence-corrected chi connectivity index (χ0v) is 19.0. The Hall–Kier alpha value is -3.17. The number of carbonyl (C=O) groups excluding carboxylic acids is 1. The fraction of sp³-hybridized carbons (Fsp3) is 0.348. The lowest BCUT2D eigenvalue weighted by Gasteiger charge is -2.34. The van der Waals surface area contributed by atoms with Crippen LogP contribution in [0.5, 0.6) is 0 Å². The monoisotopic (exact) mass is 447 g/mol. The van der Waals surface area contributed by atoms with Gasteiger partial charge in [0.15, 0.2) is 5.82 Å². The molecule has 3 aromatic heterocycles. The van der Waals surface area contributed by atoms with Crippen molar-refractivity contribution in [1.82, 2.24) is 34.4 Å². The summed E-state index contributed by atoms with van der Waals surface area (Å²) in [6.07, 6.45) is 0.203. The number of piperazine rings is 1. The van der Waals surface area contributed by atoms with Gasteiger partial charge in [-0.2, -0.15) is 4.98 Å². The van der Waals surface area contributed by atoms with Crippen molar-refractivity contribution in [2.45, 2.75) is 26.8 Å². The molecule has 0 aliphatic carbocycles. The van der Waals surface area contributed by atoms with Crippen LogP contribution in [0.3, 0.4) is 0 Å². The Balaban J connectivity index is 1.16. The van der Waals surface area contributed by atoms with Crippen LogP contribution in [-0.4, -0.2) is 66.5 Å². The first-order valence-corrected chi connectivity index (χ1v) is 11.6. The fourth-order valence-corrected chi connectivity index (χ4v) is 4.82. The minimum Gasteiger partial charge on any atom is -0.340 e. The third-order valence-corrected chi connectivity index (χ3v) is 6.59. The maximum absolute atomic E-state index is 12.8. The second-order valence-electron chi connectivity index (χ2n) is 8.12. The van der Waals surface area contributed by atoms with E-state index in [1.165, 1.54) is 0 Å². The first kappa shape index (κ1) is 20.7. The second kappa shape index (κ2) is 8.76. The number of carbonyl (C=O) groups is 1. The number of rotatable bonds is 5. The largest absolute Gasteiger partial charge is 0.340 e. The molecule has 1 amide bonds. The summed E-state index contributed by atoms with van der Waals surface area (Å²) in [4.78, 5) is 30.7.